The van der Waals surface area contributed by atoms with Crippen LogP contribution in [0.25, 0.3) is 0 Å². The van der Waals surface area contributed by atoms with Gasteiger partial charge >= 0.3 is 11.9 Å². The summed E-state index contributed by atoms with van der Waals surface area (Å²) in [5.74, 6) is -0.723. The predicted octanol–water partition coefficient (Wildman–Crippen LogP) is 1.67. The van der Waals surface area contributed by atoms with Crippen LogP contribution in [0.2, 0.25) is 0 Å². The highest BCUT2D eigenvalue weighted by Gasteiger charge is 2.25. The Balaban J connectivity index is 2.09. The predicted molar refractivity (Wildman–Crippen MR) is 55.5 cm³/mol. The summed E-state index contributed by atoms with van der Waals surface area (Å²) < 4.78 is 9.86. The van der Waals surface area contributed by atoms with E-state index in [0.717, 1.165) is 0 Å². The number of carbonyl (C=O) groups excluding carboxylic acids is 2. The number of ether oxygens (including phenoxy) is 2. The van der Waals surface area contributed by atoms with Crippen LogP contribution in [-0.4, -0.2) is 18.0 Å². The maximum Gasteiger partial charge on any atom is 0.343 e. The van der Waals surface area contributed by atoms with Gasteiger partial charge in [0.15, 0.2) is 11.9 Å². The van der Waals surface area contributed by atoms with Gasteiger partial charge in [-0.15, -0.1) is 0 Å². The first-order valence-corrected chi connectivity index (χ1v) is 4.86. The number of rotatable bonds is 2. The number of esters is 2. The molecular formula is C12H10O4. The first-order chi connectivity index (χ1) is 7.66. The fraction of sp³-hybridized carbons (Fsp3) is 0.167. The molecule has 0 aromatic heterocycles. The maximum atomic E-state index is 11.6. The van der Waals surface area contributed by atoms with Crippen molar-refractivity contribution in [2.45, 2.75) is 13.0 Å². The summed E-state index contributed by atoms with van der Waals surface area (Å²) in [5.41, 5.74) is 0.440. The molecule has 1 aromatic carbocycles. The molecular weight excluding hydrogens is 208 g/mol. The minimum atomic E-state index is -0.500. The standard InChI is InChI=1S/C12H10O4/c1-8-10(7-11(13)15-8)16-12(14)9-5-3-2-4-6-9/h2-8H,1H3. The molecule has 16 heavy (non-hydrogen) atoms. The molecule has 1 aromatic rings. The quantitative estimate of drug-likeness (QED) is 0.708. The number of carbonyl (C=O) groups is 2. The summed E-state index contributed by atoms with van der Waals surface area (Å²) in [6.07, 6.45) is 0.686. The molecule has 4 nitrogen and oxygen atoms in total. The fourth-order valence-corrected chi connectivity index (χ4v) is 1.35. The molecule has 1 heterocycles. The lowest BCUT2D eigenvalue weighted by atomic mass is 10.2. The van der Waals surface area contributed by atoms with Crippen molar-refractivity contribution in [3.63, 3.8) is 0 Å². The van der Waals surface area contributed by atoms with E-state index in [4.69, 9.17) is 9.47 Å². The monoisotopic (exact) mass is 218 g/mol. The third-order valence-corrected chi connectivity index (χ3v) is 2.17. The van der Waals surface area contributed by atoms with Gasteiger partial charge in [-0.2, -0.15) is 0 Å². The van der Waals surface area contributed by atoms with Gasteiger partial charge in [0, 0.05) is 0 Å². The highest BCUT2D eigenvalue weighted by molar-refractivity contribution is 5.91. The zero-order valence-electron chi connectivity index (χ0n) is 8.67. The molecule has 0 spiro atoms. The van der Waals surface area contributed by atoms with Gasteiger partial charge in [0.25, 0.3) is 0 Å². The molecule has 0 radical (unpaired) electrons. The van der Waals surface area contributed by atoms with Crippen LogP contribution in [0.4, 0.5) is 0 Å². The minimum absolute atomic E-state index is 0.249. The van der Waals surface area contributed by atoms with Crippen molar-refractivity contribution in [2.75, 3.05) is 0 Å². The Morgan fingerprint density at radius 1 is 1.31 bits per heavy atom. The highest BCUT2D eigenvalue weighted by Crippen LogP contribution is 2.17. The van der Waals surface area contributed by atoms with Crippen LogP contribution in [-0.2, 0) is 14.3 Å². The second-order valence-electron chi connectivity index (χ2n) is 3.38. The van der Waals surface area contributed by atoms with E-state index in [1.54, 1.807) is 37.3 Å². The van der Waals surface area contributed by atoms with Gasteiger partial charge in [0.05, 0.1) is 11.6 Å². The smallest absolute Gasteiger partial charge is 0.343 e. The minimum Gasteiger partial charge on any atom is -0.451 e. The van der Waals surface area contributed by atoms with Crippen LogP contribution in [0.3, 0.4) is 0 Å². The lowest BCUT2D eigenvalue weighted by Crippen LogP contribution is -2.12. The zero-order chi connectivity index (χ0) is 11.5. The van der Waals surface area contributed by atoms with Gasteiger partial charge in [0.1, 0.15) is 0 Å². The van der Waals surface area contributed by atoms with Gasteiger partial charge in [-0.25, -0.2) is 9.59 Å². The van der Waals surface area contributed by atoms with Crippen molar-refractivity contribution in [1.29, 1.82) is 0 Å². The number of hydrogen-bond acceptors (Lipinski definition) is 4. The van der Waals surface area contributed by atoms with Gasteiger partial charge in [0.2, 0.25) is 0 Å². The van der Waals surface area contributed by atoms with Crippen LogP contribution in [0, 0.1) is 0 Å². The Bertz CT molecular complexity index is 447. The van der Waals surface area contributed by atoms with E-state index in [0.29, 0.717) is 5.56 Å². The average molecular weight is 218 g/mol. The lowest BCUT2D eigenvalue weighted by molar-refractivity contribution is -0.138. The van der Waals surface area contributed by atoms with E-state index in [-0.39, 0.29) is 5.76 Å². The molecule has 0 saturated heterocycles. The van der Waals surface area contributed by atoms with E-state index < -0.39 is 18.0 Å². The van der Waals surface area contributed by atoms with Crippen molar-refractivity contribution >= 4 is 11.9 Å². The van der Waals surface area contributed by atoms with E-state index in [9.17, 15) is 9.59 Å². The Morgan fingerprint density at radius 2 is 2.00 bits per heavy atom. The summed E-state index contributed by atoms with van der Waals surface area (Å²) in [6, 6.07) is 8.58. The van der Waals surface area contributed by atoms with Crippen molar-refractivity contribution in [2.24, 2.45) is 0 Å². The SMILES string of the molecule is CC1OC(=O)C=C1OC(=O)c1ccccc1. The molecule has 0 aliphatic carbocycles. The van der Waals surface area contributed by atoms with Gasteiger partial charge < -0.3 is 9.47 Å². The second-order valence-corrected chi connectivity index (χ2v) is 3.38. The van der Waals surface area contributed by atoms with E-state index in [1.165, 1.54) is 6.08 Å². The molecule has 1 aliphatic rings. The summed E-state index contributed by atoms with van der Waals surface area (Å²) in [5, 5.41) is 0. The molecule has 4 heteroatoms. The van der Waals surface area contributed by atoms with Crippen molar-refractivity contribution in [3.8, 4) is 0 Å². The molecule has 82 valence electrons. The van der Waals surface area contributed by atoms with Crippen LogP contribution in [0.15, 0.2) is 42.2 Å². The fourth-order valence-electron chi connectivity index (χ4n) is 1.35. The summed E-state index contributed by atoms with van der Waals surface area (Å²) in [7, 11) is 0. The van der Waals surface area contributed by atoms with E-state index in [2.05, 4.69) is 0 Å². The van der Waals surface area contributed by atoms with Crippen molar-refractivity contribution in [3.05, 3.63) is 47.7 Å². The molecule has 0 amide bonds. The average Bonchev–Trinajstić information content (AvgIpc) is 2.59. The number of hydrogen-bond donors (Lipinski definition) is 0. The number of cyclic esters (lactones) is 1. The molecule has 0 fully saturated rings. The van der Waals surface area contributed by atoms with Crippen LogP contribution in [0.5, 0.6) is 0 Å². The molecule has 0 saturated carbocycles. The largest absolute Gasteiger partial charge is 0.451 e. The molecule has 1 atom stereocenters. The van der Waals surface area contributed by atoms with E-state index in [1.807, 2.05) is 0 Å². The van der Waals surface area contributed by atoms with Gasteiger partial charge in [-0.3, -0.25) is 0 Å². The second kappa shape index (κ2) is 4.18. The molecule has 1 unspecified atom stereocenters. The maximum absolute atomic E-state index is 11.6. The van der Waals surface area contributed by atoms with Gasteiger partial charge in [-0.05, 0) is 19.1 Å². The number of benzene rings is 1. The molecule has 1 aliphatic heterocycles. The third-order valence-electron chi connectivity index (χ3n) is 2.17. The summed E-state index contributed by atoms with van der Waals surface area (Å²) in [4.78, 5) is 22.5. The first-order valence-electron chi connectivity index (χ1n) is 4.86. The third kappa shape index (κ3) is 2.11. The highest BCUT2D eigenvalue weighted by atomic mass is 16.6. The Labute approximate surface area is 92.5 Å². The Kier molecular flexibility index (Phi) is 2.72. The first kappa shape index (κ1) is 10.4. The summed E-state index contributed by atoms with van der Waals surface area (Å²) >= 11 is 0. The normalized spacial score (nSPS) is 18.9. The van der Waals surface area contributed by atoms with Gasteiger partial charge in [-0.1, -0.05) is 18.2 Å². The van der Waals surface area contributed by atoms with Crippen LogP contribution in [0.1, 0.15) is 17.3 Å². The zero-order valence-corrected chi connectivity index (χ0v) is 8.67. The Morgan fingerprint density at radius 3 is 2.56 bits per heavy atom. The molecule has 2 rings (SSSR count). The van der Waals surface area contributed by atoms with Crippen LogP contribution < -0.4 is 0 Å². The molecule has 0 N–H and O–H groups in total. The Hall–Kier alpha value is -2.10. The molecule has 0 bridgehead atoms. The topological polar surface area (TPSA) is 52.6 Å². The van der Waals surface area contributed by atoms with Crippen molar-refractivity contribution < 1.29 is 19.1 Å². The van der Waals surface area contributed by atoms with Crippen LogP contribution >= 0.6 is 0 Å². The van der Waals surface area contributed by atoms with Crippen molar-refractivity contribution in [1.82, 2.24) is 0 Å². The lowest BCUT2D eigenvalue weighted by Gasteiger charge is -2.08. The van der Waals surface area contributed by atoms with E-state index >= 15 is 0 Å². The summed E-state index contributed by atoms with van der Waals surface area (Å²) in [6.45, 7) is 1.65.